The molecule has 0 bridgehead atoms. The Morgan fingerprint density at radius 1 is 1.30 bits per heavy atom. The molecule has 0 N–H and O–H groups in total. The zero-order chi connectivity index (χ0) is 19.8. The fraction of sp³-hybridized carbons (Fsp3) is 0.500. The molecule has 0 spiro atoms. The van der Waals surface area contributed by atoms with E-state index in [1.165, 1.54) is 6.07 Å². The highest BCUT2D eigenvalue weighted by Gasteiger charge is 2.39. The van der Waals surface area contributed by atoms with Crippen LogP contribution in [0, 0.1) is 10.1 Å². The van der Waals surface area contributed by atoms with Crippen LogP contribution >= 0.6 is 0 Å². The number of aromatic nitrogens is 2. The van der Waals surface area contributed by atoms with E-state index >= 15 is 0 Å². The Hall–Kier alpha value is -2.85. The fourth-order valence-electron chi connectivity index (χ4n) is 3.07. The van der Waals surface area contributed by atoms with Crippen molar-refractivity contribution in [3.05, 3.63) is 39.8 Å². The molecule has 1 aliphatic rings. The molecule has 1 aromatic carbocycles. The summed E-state index contributed by atoms with van der Waals surface area (Å²) in [6.45, 7) is 0.971. The molecule has 0 unspecified atom stereocenters. The molecule has 0 amide bonds. The van der Waals surface area contributed by atoms with Gasteiger partial charge < -0.3 is 14.3 Å². The normalized spacial score (nSPS) is 15.8. The summed E-state index contributed by atoms with van der Waals surface area (Å²) in [6, 6.07) is 3.10. The number of hydrogen-bond donors (Lipinski definition) is 0. The molecule has 0 radical (unpaired) electrons. The minimum atomic E-state index is -4.79. The molecule has 1 saturated heterocycles. The number of nitro groups is 1. The van der Waals surface area contributed by atoms with Gasteiger partial charge in [-0.1, -0.05) is 0 Å². The summed E-state index contributed by atoms with van der Waals surface area (Å²) in [5.74, 6) is 1.01. The zero-order valence-corrected chi connectivity index (χ0v) is 14.7. The molecule has 1 aliphatic heterocycles. The topological polar surface area (TPSA) is 88.5 Å². The van der Waals surface area contributed by atoms with Crippen LogP contribution in [0.3, 0.4) is 0 Å². The Morgan fingerprint density at radius 2 is 1.96 bits per heavy atom. The first kappa shape index (κ1) is 18.9. The number of alkyl halides is 3. The molecule has 3 rings (SSSR count). The lowest BCUT2D eigenvalue weighted by atomic mass is 9.96. The number of nitrogens with zero attached hydrogens (tertiary/aromatic N) is 5. The van der Waals surface area contributed by atoms with E-state index in [0.29, 0.717) is 43.5 Å². The van der Waals surface area contributed by atoms with Crippen LogP contribution in [-0.2, 0) is 6.18 Å². The van der Waals surface area contributed by atoms with Crippen LogP contribution in [0.25, 0.3) is 0 Å². The van der Waals surface area contributed by atoms with Crippen molar-refractivity contribution < 1.29 is 22.6 Å². The lowest BCUT2D eigenvalue weighted by molar-refractivity contribution is -0.388. The first-order valence-electron chi connectivity index (χ1n) is 8.28. The van der Waals surface area contributed by atoms with Gasteiger partial charge in [0.1, 0.15) is 5.56 Å². The van der Waals surface area contributed by atoms with E-state index < -0.39 is 22.4 Å². The summed E-state index contributed by atoms with van der Waals surface area (Å²) in [5.41, 5.74) is -1.87. The number of benzene rings is 1. The van der Waals surface area contributed by atoms with Gasteiger partial charge in [-0.3, -0.25) is 10.1 Å². The second kappa shape index (κ2) is 7.05. The predicted molar refractivity (Wildman–Crippen MR) is 90.9 cm³/mol. The molecule has 1 fully saturated rings. The molecule has 2 heterocycles. The van der Waals surface area contributed by atoms with Crippen molar-refractivity contribution in [2.45, 2.75) is 24.9 Å². The predicted octanol–water partition coefficient (Wildman–Crippen LogP) is 3.45. The first-order valence-corrected chi connectivity index (χ1v) is 8.28. The molecule has 8 nitrogen and oxygen atoms in total. The Balaban J connectivity index is 1.75. The second-order valence-corrected chi connectivity index (χ2v) is 6.54. The Kier molecular flexibility index (Phi) is 4.94. The maximum absolute atomic E-state index is 13.2. The fourth-order valence-corrected chi connectivity index (χ4v) is 3.07. The van der Waals surface area contributed by atoms with Gasteiger partial charge in [0.2, 0.25) is 5.89 Å². The van der Waals surface area contributed by atoms with Crippen molar-refractivity contribution in [2.24, 2.45) is 0 Å². The van der Waals surface area contributed by atoms with Crippen LogP contribution in [0.5, 0.6) is 0 Å². The van der Waals surface area contributed by atoms with E-state index in [1.807, 2.05) is 0 Å². The largest absolute Gasteiger partial charge is 0.423 e. The summed E-state index contributed by atoms with van der Waals surface area (Å²) in [7, 11) is 3.59. The van der Waals surface area contributed by atoms with Crippen molar-refractivity contribution in [1.82, 2.24) is 10.1 Å². The van der Waals surface area contributed by atoms with Crippen LogP contribution in [0.2, 0.25) is 0 Å². The third-order valence-corrected chi connectivity index (χ3v) is 4.52. The van der Waals surface area contributed by atoms with Crippen molar-refractivity contribution >= 4 is 17.3 Å². The van der Waals surface area contributed by atoms with Crippen LogP contribution in [-0.4, -0.2) is 42.2 Å². The van der Waals surface area contributed by atoms with Crippen LogP contribution in [0.15, 0.2) is 22.7 Å². The number of anilines is 2. The highest BCUT2D eigenvalue weighted by Crippen LogP contribution is 2.39. The first-order chi connectivity index (χ1) is 12.7. The lowest BCUT2D eigenvalue weighted by Crippen LogP contribution is -2.33. The van der Waals surface area contributed by atoms with Crippen molar-refractivity contribution in [2.75, 3.05) is 37.0 Å². The average molecular weight is 385 g/mol. The Labute approximate surface area is 152 Å². The minimum Gasteiger partial charge on any atom is -0.371 e. The maximum atomic E-state index is 13.2. The summed E-state index contributed by atoms with van der Waals surface area (Å²) in [5, 5.41) is 14.7. The van der Waals surface area contributed by atoms with Gasteiger partial charge >= 0.3 is 6.18 Å². The smallest absolute Gasteiger partial charge is 0.371 e. The molecular formula is C16H18F3N5O3. The monoisotopic (exact) mass is 385 g/mol. The standard InChI is InChI=1S/C16H18F3N5O3/c1-22(2)15-20-14(27-21-15)10-5-7-23(8-6-10)11-3-4-13(24(25)26)12(9-11)16(17,18)19/h3-4,9-10H,5-8H2,1-2H3. The molecule has 27 heavy (non-hydrogen) atoms. The van der Waals surface area contributed by atoms with Gasteiger partial charge in [0, 0.05) is 44.9 Å². The molecule has 1 aromatic heterocycles. The summed E-state index contributed by atoms with van der Waals surface area (Å²) in [6.07, 6.45) is -3.52. The number of nitro benzene ring substituents is 1. The molecule has 2 aromatic rings. The molecule has 0 atom stereocenters. The van der Waals surface area contributed by atoms with Gasteiger partial charge in [0.25, 0.3) is 11.6 Å². The number of halogens is 3. The van der Waals surface area contributed by atoms with Gasteiger partial charge in [-0.15, -0.1) is 0 Å². The van der Waals surface area contributed by atoms with Crippen molar-refractivity contribution in [3.63, 3.8) is 0 Å². The third-order valence-electron chi connectivity index (χ3n) is 4.52. The van der Waals surface area contributed by atoms with Crippen LogP contribution in [0.1, 0.15) is 30.2 Å². The van der Waals surface area contributed by atoms with E-state index in [1.54, 1.807) is 23.9 Å². The number of hydrogen-bond acceptors (Lipinski definition) is 7. The SMILES string of the molecule is CN(C)c1noc(C2CCN(c3ccc([N+](=O)[O-])c(C(F)(F)F)c3)CC2)n1. The minimum absolute atomic E-state index is 0.0302. The average Bonchev–Trinajstić information content (AvgIpc) is 3.11. The Morgan fingerprint density at radius 3 is 2.48 bits per heavy atom. The van der Waals surface area contributed by atoms with Gasteiger partial charge in [-0.2, -0.15) is 18.2 Å². The third kappa shape index (κ3) is 3.96. The highest BCUT2D eigenvalue weighted by molar-refractivity contribution is 5.57. The van der Waals surface area contributed by atoms with Crippen LogP contribution in [0.4, 0.5) is 30.5 Å². The van der Waals surface area contributed by atoms with Crippen molar-refractivity contribution in [3.8, 4) is 0 Å². The van der Waals surface area contributed by atoms with Gasteiger partial charge in [-0.05, 0) is 30.1 Å². The quantitative estimate of drug-likeness (QED) is 0.588. The molecule has 0 saturated carbocycles. The molecule has 11 heteroatoms. The van der Waals surface area contributed by atoms with Crippen molar-refractivity contribution in [1.29, 1.82) is 0 Å². The molecule has 0 aliphatic carbocycles. The van der Waals surface area contributed by atoms with E-state index in [-0.39, 0.29) is 5.92 Å². The van der Waals surface area contributed by atoms with E-state index in [9.17, 15) is 23.3 Å². The maximum Gasteiger partial charge on any atom is 0.423 e. The molecular weight excluding hydrogens is 367 g/mol. The zero-order valence-electron chi connectivity index (χ0n) is 14.7. The van der Waals surface area contributed by atoms with E-state index in [0.717, 1.165) is 12.1 Å². The number of rotatable bonds is 4. The second-order valence-electron chi connectivity index (χ2n) is 6.54. The Bertz CT molecular complexity index is 829. The molecule has 146 valence electrons. The highest BCUT2D eigenvalue weighted by atomic mass is 19.4. The van der Waals surface area contributed by atoms with Gasteiger partial charge in [-0.25, -0.2) is 0 Å². The van der Waals surface area contributed by atoms with E-state index in [2.05, 4.69) is 10.1 Å². The van der Waals surface area contributed by atoms with Gasteiger partial charge in [0.05, 0.1) is 4.92 Å². The van der Waals surface area contributed by atoms with Crippen LogP contribution < -0.4 is 9.80 Å². The summed E-state index contributed by atoms with van der Waals surface area (Å²) in [4.78, 5) is 17.7. The summed E-state index contributed by atoms with van der Waals surface area (Å²) >= 11 is 0. The lowest BCUT2D eigenvalue weighted by Gasteiger charge is -2.32. The summed E-state index contributed by atoms with van der Waals surface area (Å²) < 4.78 is 44.7. The number of piperidine rings is 1. The van der Waals surface area contributed by atoms with E-state index in [4.69, 9.17) is 4.52 Å². The van der Waals surface area contributed by atoms with Gasteiger partial charge in [0.15, 0.2) is 0 Å².